The van der Waals surface area contributed by atoms with Gasteiger partial charge in [0.25, 0.3) is 0 Å². The van der Waals surface area contributed by atoms with Gasteiger partial charge in [-0.25, -0.2) is 33.7 Å². The quantitative estimate of drug-likeness (QED) is 0.0888. The first-order valence-corrected chi connectivity index (χ1v) is 13.6. The van der Waals surface area contributed by atoms with E-state index in [2.05, 4.69) is 30.3 Å². The van der Waals surface area contributed by atoms with E-state index in [1.807, 2.05) is 6.07 Å². The van der Waals surface area contributed by atoms with Gasteiger partial charge in [0.1, 0.15) is 23.3 Å². The maximum Gasteiger partial charge on any atom is 0.305 e. The molecule has 5 aromatic rings. The number of anilines is 1. The van der Waals surface area contributed by atoms with E-state index >= 15 is 13.3 Å². The maximum atomic E-state index is 17.0. The third-order valence-corrected chi connectivity index (χ3v) is 7.94. The fourth-order valence-corrected chi connectivity index (χ4v) is 5.97. The molecule has 8 nitrogen and oxygen atoms in total. The zero-order valence-corrected chi connectivity index (χ0v) is 23.5. The molecular formula is C32H16CuF4N8. The minimum atomic E-state index is -2.78. The molecule has 9 rings (SSSR count). The molecule has 0 amide bonds. The van der Waals surface area contributed by atoms with Gasteiger partial charge in [-0.05, 0) is 24.3 Å². The Bertz CT molecular complexity index is 2290. The molecule has 0 aliphatic carbocycles. The number of H-pyrrole nitrogens is 1. The summed E-state index contributed by atoms with van der Waals surface area (Å²) in [6, 6.07) is 21.7. The van der Waals surface area contributed by atoms with Crippen molar-refractivity contribution >= 4 is 51.6 Å². The van der Waals surface area contributed by atoms with E-state index in [4.69, 9.17) is 4.99 Å². The predicted molar refractivity (Wildman–Crippen MR) is 159 cm³/mol. The van der Waals surface area contributed by atoms with Crippen LogP contribution in [0.25, 0.3) is 10.8 Å². The van der Waals surface area contributed by atoms with E-state index in [0.717, 1.165) is 12.1 Å². The van der Waals surface area contributed by atoms with Crippen molar-refractivity contribution in [3.05, 3.63) is 130 Å². The van der Waals surface area contributed by atoms with E-state index in [0.29, 0.717) is 32.8 Å². The third kappa shape index (κ3) is 3.87. The summed E-state index contributed by atoms with van der Waals surface area (Å²) < 4.78 is 63.3. The van der Waals surface area contributed by atoms with Gasteiger partial charge in [0.2, 0.25) is 0 Å². The number of hydrogen-bond donors (Lipinski definition) is 2. The summed E-state index contributed by atoms with van der Waals surface area (Å²) in [5.41, 5.74) is 1.13. The Labute approximate surface area is 262 Å². The second-order valence-corrected chi connectivity index (χ2v) is 10.5. The smallest absolute Gasteiger partial charge is 0.305 e. The Morgan fingerprint density at radius 1 is 0.689 bits per heavy atom. The second kappa shape index (κ2) is 9.55. The number of benzene rings is 4. The SMILES string of the molecule is Fc1ccc2c(c1)/C1=N/C3(F)N\C(=N/C4=N\C(=N/c5[nH]c(c6ccccc56)N(F)C2=N1)c1ccccc14)c1c(F)cccc13.[Cu]. The molecule has 0 spiro atoms. The molecule has 4 aliphatic rings. The van der Waals surface area contributed by atoms with Crippen LogP contribution in [-0.4, -0.2) is 34.2 Å². The first-order valence-electron chi connectivity index (χ1n) is 13.6. The summed E-state index contributed by atoms with van der Waals surface area (Å²) >= 11 is 0. The molecular weight excluding hydrogens is 636 g/mol. The van der Waals surface area contributed by atoms with Crippen molar-refractivity contribution in [2.24, 2.45) is 25.0 Å². The molecule has 1 radical (unpaired) electrons. The van der Waals surface area contributed by atoms with Crippen molar-refractivity contribution < 1.29 is 34.7 Å². The fourth-order valence-electron chi connectivity index (χ4n) is 5.97. The number of halogens is 4. The number of amidine groups is 5. The monoisotopic (exact) mass is 651 g/mol. The molecule has 13 heteroatoms. The number of fused-ring (bicyclic) bond motifs is 18. The van der Waals surface area contributed by atoms with Crippen LogP contribution in [0.4, 0.5) is 29.3 Å². The van der Waals surface area contributed by atoms with Crippen molar-refractivity contribution in [2.75, 3.05) is 5.12 Å². The average Bonchev–Trinajstić information content (AvgIpc) is 3.74. The van der Waals surface area contributed by atoms with E-state index in [1.165, 1.54) is 24.3 Å². The number of hydrogen-bond acceptors (Lipinski definition) is 7. The predicted octanol–water partition coefficient (Wildman–Crippen LogP) is 6.32. The van der Waals surface area contributed by atoms with E-state index < -0.39 is 17.6 Å². The molecule has 0 saturated heterocycles. The molecule has 1 aromatic heterocycles. The molecule has 5 heterocycles. The molecule has 0 fully saturated rings. The minimum Gasteiger partial charge on any atom is -0.323 e. The van der Waals surface area contributed by atoms with Crippen molar-refractivity contribution in [3.8, 4) is 0 Å². The van der Waals surface area contributed by atoms with Crippen LogP contribution >= 0.6 is 0 Å². The van der Waals surface area contributed by atoms with Crippen LogP contribution in [0, 0.1) is 11.6 Å². The Morgan fingerprint density at radius 2 is 1.42 bits per heavy atom. The van der Waals surface area contributed by atoms with Gasteiger partial charge in [-0.3, -0.25) is 0 Å². The standard InChI is InChI=1S/C32H16F4N8.Cu/c33-15-12-13-20-21(14-15)28-41-31(20)44(36)30-19-9-4-3-8-18(19)27(40-30)38-25-16-6-1-2-7-17(16)26(37-25)39-29-24-22(10-5-11-23(24)34)32(35,42-28)43-29;/h1-14,40H,(H,37,38,39,43);/b42-28-;. The molecule has 4 aromatic carbocycles. The van der Waals surface area contributed by atoms with Crippen LogP contribution in [0.2, 0.25) is 0 Å². The van der Waals surface area contributed by atoms with E-state index in [1.54, 1.807) is 42.5 Å². The summed E-state index contributed by atoms with van der Waals surface area (Å²) in [6.45, 7) is 0. The molecule has 1 atom stereocenters. The molecule has 2 N–H and O–H groups in total. The Hall–Kier alpha value is -5.39. The van der Waals surface area contributed by atoms with Crippen LogP contribution in [0.5, 0.6) is 0 Å². The molecule has 45 heavy (non-hydrogen) atoms. The molecule has 4 aliphatic heterocycles. The summed E-state index contributed by atoms with van der Waals surface area (Å²) in [5, 5.41) is 3.98. The largest absolute Gasteiger partial charge is 0.323 e. The fraction of sp³-hybridized carbons (Fsp3) is 0.0312. The van der Waals surface area contributed by atoms with Gasteiger partial charge in [0.15, 0.2) is 29.2 Å². The average molecular weight is 652 g/mol. The number of aromatic amines is 1. The summed E-state index contributed by atoms with van der Waals surface area (Å²) in [7, 11) is 0. The topological polar surface area (TPSA) is 92.9 Å². The van der Waals surface area contributed by atoms with Gasteiger partial charge >= 0.3 is 5.92 Å². The molecule has 8 bridgehead atoms. The Kier molecular flexibility index (Phi) is 5.77. The van der Waals surface area contributed by atoms with Crippen LogP contribution in [0.1, 0.15) is 33.4 Å². The summed E-state index contributed by atoms with van der Waals surface area (Å²) in [5.74, 6) is -4.13. The van der Waals surface area contributed by atoms with Gasteiger partial charge in [-0.1, -0.05) is 65.1 Å². The number of nitrogens with zero attached hydrogens (tertiary/aromatic N) is 6. The molecule has 223 valence electrons. The van der Waals surface area contributed by atoms with Crippen molar-refractivity contribution in [2.45, 2.75) is 5.92 Å². The molecule has 1 unspecified atom stereocenters. The van der Waals surface area contributed by atoms with Crippen LogP contribution in [-0.2, 0) is 23.0 Å². The van der Waals surface area contributed by atoms with Crippen molar-refractivity contribution in [3.63, 3.8) is 0 Å². The third-order valence-electron chi connectivity index (χ3n) is 7.94. The van der Waals surface area contributed by atoms with Crippen molar-refractivity contribution in [1.82, 2.24) is 10.3 Å². The summed E-state index contributed by atoms with van der Waals surface area (Å²) in [6.07, 6.45) is 0. The number of alkyl halides is 1. The van der Waals surface area contributed by atoms with Crippen LogP contribution in [0.15, 0.2) is 110 Å². The number of aromatic nitrogens is 1. The zero-order valence-electron chi connectivity index (χ0n) is 22.6. The Balaban J connectivity index is 0.00000300. The second-order valence-electron chi connectivity index (χ2n) is 10.5. The molecule has 0 saturated carbocycles. The van der Waals surface area contributed by atoms with E-state index in [-0.39, 0.29) is 74.3 Å². The number of nitrogens with one attached hydrogen (secondary N) is 2. The summed E-state index contributed by atoms with van der Waals surface area (Å²) in [4.78, 5) is 25.6. The van der Waals surface area contributed by atoms with E-state index in [9.17, 15) is 4.39 Å². The van der Waals surface area contributed by atoms with Gasteiger partial charge in [0.05, 0.1) is 5.56 Å². The van der Waals surface area contributed by atoms with Crippen LogP contribution < -0.4 is 10.4 Å². The van der Waals surface area contributed by atoms with Gasteiger partial charge in [-0.15, -0.1) is 5.12 Å². The first-order chi connectivity index (χ1) is 21.4. The minimum absolute atomic E-state index is 0. The van der Waals surface area contributed by atoms with Crippen LogP contribution in [0.3, 0.4) is 0 Å². The van der Waals surface area contributed by atoms with Gasteiger partial charge in [-0.2, -0.15) is 4.39 Å². The van der Waals surface area contributed by atoms with Crippen molar-refractivity contribution in [1.29, 1.82) is 0 Å². The zero-order chi connectivity index (χ0) is 29.7. The number of aliphatic imine (C=N–C) groups is 5. The maximum absolute atomic E-state index is 17.0. The van der Waals surface area contributed by atoms with Gasteiger partial charge in [0, 0.05) is 55.7 Å². The Morgan fingerprint density at radius 3 is 2.22 bits per heavy atom. The van der Waals surface area contributed by atoms with Gasteiger partial charge < -0.3 is 10.3 Å². The normalized spacial score (nSPS) is 22.4. The number of rotatable bonds is 0. The first kappa shape index (κ1) is 27.2.